The minimum Gasteiger partial charge on any atom is -0.342 e. The van der Waals surface area contributed by atoms with E-state index in [2.05, 4.69) is 62.5 Å². The van der Waals surface area contributed by atoms with E-state index in [1.165, 1.54) is 18.4 Å². The molecule has 0 spiro atoms. The molecule has 4 atom stereocenters. The van der Waals surface area contributed by atoms with Gasteiger partial charge in [0.1, 0.15) is 0 Å². The van der Waals surface area contributed by atoms with E-state index in [-0.39, 0.29) is 5.92 Å². The summed E-state index contributed by atoms with van der Waals surface area (Å²) in [5.41, 5.74) is 2.32. The van der Waals surface area contributed by atoms with Crippen LogP contribution in [0.15, 0.2) is 36.5 Å². The highest BCUT2D eigenvalue weighted by Gasteiger charge is 2.44. The molecule has 4 aliphatic heterocycles. The molecule has 5 heterocycles. The van der Waals surface area contributed by atoms with E-state index in [4.69, 9.17) is 0 Å². The van der Waals surface area contributed by atoms with Gasteiger partial charge in [0.05, 0.1) is 18.2 Å². The Morgan fingerprint density at radius 1 is 1.13 bits per heavy atom. The molecule has 2 aromatic rings. The summed E-state index contributed by atoms with van der Waals surface area (Å²) >= 11 is 0. The van der Waals surface area contributed by atoms with Crippen LogP contribution in [0.1, 0.15) is 36.9 Å². The Balaban J connectivity index is 1.15. The molecule has 1 amide bonds. The molecule has 166 valence electrons. The second-order valence-electron chi connectivity index (χ2n) is 9.66. The molecular weight excluding hydrogens is 388 g/mol. The lowest BCUT2D eigenvalue weighted by Crippen LogP contribution is -2.58. The van der Waals surface area contributed by atoms with E-state index >= 15 is 0 Å². The van der Waals surface area contributed by atoms with E-state index in [9.17, 15) is 4.79 Å². The van der Waals surface area contributed by atoms with Crippen LogP contribution in [0.5, 0.6) is 0 Å². The fraction of sp³-hybridized carbons (Fsp3) is 0.625. The summed E-state index contributed by atoms with van der Waals surface area (Å²) in [7, 11) is 2.12. The van der Waals surface area contributed by atoms with Crippen LogP contribution < -0.4 is 0 Å². The van der Waals surface area contributed by atoms with E-state index < -0.39 is 0 Å². The molecule has 7 heteroatoms. The number of rotatable bonds is 7. The maximum atomic E-state index is 13.0. The number of carbonyl (C=O) groups excluding carboxylic acids is 1. The fourth-order valence-electron chi connectivity index (χ4n) is 5.72. The zero-order valence-corrected chi connectivity index (χ0v) is 18.6. The molecule has 1 unspecified atom stereocenters. The average molecular weight is 423 g/mol. The maximum absolute atomic E-state index is 13.0. The van der Waals surface area contributed by atoms with Gasteiger partial charge in [-0.05, 0) is 50.8 Å². The van der Waals surface area contributed by atoms with Crippen molar-refractivity contribution < 1.29 is 4.79 Å². The molecule has 31 heavy (non-hydrogen) atoms. The summed E-state index contributed by atoms with van der Waals surface area (Å²) in [6.07, 6.45) is 6.70. The molecule has 0 aliphatic carbocycles. The quantitative estimate of drug-likeness (QED) is 0.685. The predicted molar refractivity (Wildman–Crippen MR) is 119 cm³/mol. The molecule has 1 aromatic heterocycles. The topological polar surface area (TPSA) is 57.5 Å². The molecule has 0 saturated carbocycles. The molecule has 1 aromatic carbocycles. The van der Waals surface area contributed by atoms with Gasteiger partial charge in [-0.15, -0.1) is 5.10 Å². The number of aromatic nitrogens is 3. The monoisotopic (exact) mass is 422 g/mol. The lowest BCUT2D eigenvalue weighted by molar-refractivity contribution is -0.142. The predicted octanol–water partition coefficient (Wildman–Crippen LogP) is 2.24. The van der Waals surface area contributed by atoms with Crippen molar-refractivity contribution in [1.29, 1.82) is 0 Å². The van der Waals surface area contributed by atoms with Crippen molar-refractivity contribution >= 4 is 5.91 Å². The first-order valence-corrected chi connectivity index (χ1v) is 11.8. The number of hydrogen-bond acceptors (Lipinski definition) is 5. The van der Waals surface area contributed by atoms with Crippen LogP contribution in [0.4, 0.5) is 0 Å². The van der Waals surface area contributed by atoms with Crippen LogP contribution in [-0.4, -0.2) is 74.9 Å². The normalized spacial score (nSPS) is 27.9. The molecule has 4 saturated heterocycles. The second kappa shape index (κ2) is 9.09. The Morgan fingerprint density at radius 3 is 2.68 bits per heavy atom. The zero-order valence-electron chi connectivity index (χ0n) is 18.6. The summed E-state index contributed by atoms with van der Waals surface area (Å²) in [5, 5.41) is 8.82. The number of carbonyl (C=O) groups is 1. The van der Waals surface area contributed by atoms with Crippen LogP contribution in [0.3, 0.4) is 0 Å². The zero-order chi connectivity index (χ0) is 21.2. The minimum atomic E-state index is 0.209. The first-order valence-electron chi connectivity index (χ1n) is 11.8. The molecule has 4 aliphatic rings. The Hall–Kier alpha value is -2.25. The number of benzene rings is 1. The van der Waals surface area contributed by atoms with Crippen molar-refractivity contribution in [1.82, 2.24) is 29.7 Å². The molecule has 0 radical (unpaired) electrons. The van der Waals surface area contributed by atoms with Crippen molar-refractivity contribution in [3.05, 3.63) is 47.8 Å². The van der Waals surface area contributed by atoms with Gasteiger partial charge in [-0.3, -0.25) is 19.3 Å². The summed E-state index contributed by atoms with van der Waals surface area (Å²) < 4.78 is 2.01. The van der Waals surface area contributed by atoms with Gasteiger partial charge in [0.15, 0.2) is 0 Å². The molecule has 2 bridgehead atoms. The number of nitrogens with zero attached hydrogens (tertiary/aromatic N) is 6. The Bertz CT molecular complexity index is 877. The van der Waals surface area contributed by atoms with Crippen LogP contribution >= 0.6 is 0 Å². The van der Waals surface area contributed by atoms with Crippen LogP contribution in [0.25, 0.3) is 0 Å². The number of likely N-dealkylation sites (tertiary alicyclic amines) is 1. The SMILES string of the molecule is CN(Cc1ccccc1)Cc1cn(C[C@H]2C[C@H]3CCN2C[C@@H]3C(=O)N2CCCC2)nn1. The van der Waals surface area contributed by atoms with Crippen molar-refractivity contribution in [3.63, 3.8) is 0 Å². The summed E-state index contributed by atoms with van der Waals surface area (Å²) in [6.45, 7) is 6.53. The van der Waals surface area contributed by atoms with Crippen LogP contribution in [-0.2, 0) is 24.4 Å². The van der Waals surface area contributed by atoms with E-state index in [0.29, 0.717) is 17.9 Å². The molecule has 6 rings (SSSR count). The van der Waals surface area contributed by atoms with Crippen LogP contribution in [0.2, 0.25) is 0 Å². The summed E-state index contributed by atoms with van der Waals surface area (Å²) in [4.78, 5) is 19.9. The van der Waals surface area contributed by atoms with E-state index in [1.807, 2.05) is 10.7 Å². The minimum absolute atomic E-state index is 0.209. The third-order valence-corrected chi connectivity index (χ3v) is 7.32. The number of amides is 1. The summed E-state index contributed by atoms with van der Waals surface area (Å²) in [5.74, 6) is 1.15. The van der Waals surface area contributed by atoms with Crippen molar-refractivity contribution in [3.8, 4) is 0 Å². The van der Waals surface area contributed by atoms with Gasteiger partial charge < -0.3 is 4.90 Å². The lowest BCUT2D eigenvalue weighted by Gasteiger charge is -2.49. The van der Waals surface area contributed by atoms with Gasteiger partial charge in [0, 0.05) is 45.0 Å². The van der Waals surface area contributed by atoms with Gasteiger partial charge in [-0.25, -0.2) is 0 Å². The summed E-state index contributed by atoms with van der Waals surface area (Å²) in [6, 6.07) is 11.0. The van der Waals surface area contributed by atoms with Gasteiger partial charge in [-0.2, -0.15) is 0 Å². The van der Waals surface area contributed by atoms with E-state index in [1.54, 1.807) is 0 Å². The average Bonchev–Trinajstić information content (AvgIpc) is 3.47. The Labute approximate surface area is 185 Å². The van der Waals surface area contributed by atoms with E-state index in [0.717, 1.165) is 64.3 Å². The van der Waals surface area contributed by atoms with Gasteiger partial charge in [0.2, 0.25) is 5.91 Å². The highest BCUT2D eigenvalue weighted by Crippen LogP contribution is 2.38. The highest BCUT2D eigenvalue weighted by molar-refractivity contribution is 5.80. The van der Waals surface area contributed by atoms with Crippen molar-refractivity contribution in [2.24, 2.45) is 11.8 Å². The standard InChI is InChI=1S/C24H34N6O/c1-27(14-19-7-3-2-4-8-19)15-21-16-30(26-25-21)17-22-13-20-9-12-29(22)18-23(20)24(31)28-10-5-6-11-28/h2-4,7-8,16,20,22-23H,5-6,9-15,17-18H2,1H3/t20-,22-,23+/m1/s1. The molecule has 0 N–H and O–H groups in total. The largest absolute Gasteiger partial charge is 0.342 e. The number of piperidine rings is 3. The first-order chi connectivity index (χ1) is 15.2. The van der Waals surface area contributed by atoms with Crippen molar-refractivity contribution in [2.75, 3.05) is 33.2 Å². The molecule has 7 nitrogen and oxygen atoms in total. The molecular formula is C24H34N6O. The third kappa shape index (κ3) is 4.67. The highest BCUT2D eigenvalue weighted by atomic mass is 16.2. The van der Waals surface area contributed by atoms with Crippen LogP contribution in [0, 0.1) is 11.8 Å². The Kier molecular flexibility index (Phi) is 6.05. The van der Waals surface area contributed by atoms with Crippen molar-refractivity contribution in [2.45, 2.75) is 51.4 Å². The number of hydrogen-bond donors (Lipinski definition) is 0. The molecule has 4 fully saturated rings. The number of fused-ring (bicyclic) bond motifs is 3. The Morgan fingerprint density at radius 2 is 1.94 bits per heavy atom. The van der Waals surface area contributed by atoms with Gasteiger partial charge in [0.25, 0.3) is 0 Å². The van der Waals surface area contributed by atoms with Gasteiger partial charge in [-0.1, -0.05) is 35.5 Å². The second-order valence-corrected chi connectivity index (χ2v) is 9.66. The third-order valence-electron chi connectivity index (χ3n) is 7.32. The fourth-order valence-corrected chi connectivity index (χ4v) is 5.72. The first kappa shape index (κ1) is 20.6. The maximum Gasteiger partial charge on any atom is 0.227 e. The van der Waals surface area contributed by atoms with Gasteiger partial charge >= 0.3 is 0 Å². The smallest absolute Gasteiger partial charge is 0.227 e. The lowest BCUT2D eigenvalue weighted by atomic mass is 9.75.